The molecule has 3 rings (SSSR count). The number of nitrogens with zero attached hydrogens (tertiary/aromatic N) is 3. The normalized spacial score (nSPS) is 28.2. The number of amides is 1. The van der Waals surface area contributed by atoms with Gasteiger partial charge in [-0.05, 0) is 32.3 Å². The van der Waals surface area contributed by atoms with Gasteiger partial charge in [-0.1, -0.05) is 0 Å². The zero-order valence-corrected chi connectivity index (χ0v) is 13.0. The standard InChI is InChI=1S/C16H23N3O3/c1-2-21-12-16-6-3-9-22-14(16)5-8-19(11-16)15(20)13-4-7-17-18-10-13/h4,7,10,14H,2-3,5-6,8-9,11-12H2,1H3/t14-,16-/m1/s1. The molecule has 0 N–H and O–H groups in total. The number of piperidine rings is 1. The Balaban J connectivity index is 1.76. The van der Waals surface area contributed by atoms with Gasteiger partial charge in [-0.3, -0.25) is 4.79 Å². The van der Waals surface area contributed by atoms with Crippen molar-refractivity contribution in [2.75, 3.05) is 32.9 Å². The molecule has 2 atom stereocenters. The lowest BCUT2D eigenvalue weighted by Crippen LogP contribution is -2.58. The SMILES string of the molecule is CCOC[C@]12CCCO[C@@H]1CCN(C(=O)c1ccnnc1)C2. The van der Waals surface area contributed by atoms with E-state index in [0.29, 0.717) is 25.3 Å². The molecule has 1 aromatic rings. The van der Waals surface area contributed by atoms with Crippen molar-refractivity contribution in [2.45, 2.75) is 32.3 Å². The summed E-state index contributed by atoms with van der Waals surface area (Å²) < 4.78 is 11.7. The first-order valence-corrected chi connectivity index (χ1v) is 8.00. The summed E-state index contributed by atoms with van der Waals surface area (Å²) in [6, 6.07) is 1.72. The first-order chi connectivity index (χ1) is 10.7. The van der Waals surface area contributed by atoms with Crippen LogP contribution in [0.2, 0.25) is 0 Å². The number of carbonyl (C=O) groups is 1. The second-order valence-electron chi connectivity index (χ2n) is 6.11. The molecule has 0 bridgehead atoms. The van der Waals surface area contributed by atoms with Gasteiger partial charge in [-0.15, -0.1) is 0 Å². The fourth-order valence-corrected chi connectivity index (χ4v) is 3.58. The van der Waals surface area contributed by atoms with Gasteiger partial charge in [-0.25, -0.2) is 0 Å². The van der Waals surface area contributed by atoms with Gasteiger partial charge in [0, 0.05) is 31.7 Å². The van der Waals surface area contributed by atoms with E-state index in [1.807, 2.05) is 11.8 Å². The molecule has 3 heterocycles. The van der Waals surface area contributed by atoms with Crippen LogP contribution in [0.25, 0.3) is 0 Å². The molecule has 22 heavy (non-hydrogen) atoms. The van der Waals surface area contributed by atoms with E-state index in [9.17, 15) is 4.79 Å². The summed E-state index contributed by atoms with van der Waals surface area (Å²) in [7, 11) is 0. The lowest BCUT2D eigenvalue weighted by Gasteiger charge is -2.50. The fourth-order valence-electron chi connectivity index (χ4n) is 3.58. The van der Waals surface area contributed by atoms with Crippen molar-refractivity contribution < 1.29 is 14.3 Å². The van der Waals surface area contributed by atoms with Crippen LogP contribution in [-0.2, 0) is 9.47 Å². The number of hydrogen-bond acceptors (Lipinski definition) is 5. The second-order valence-corrected chi connectivity index (χ2v) is 6.11. The van der Waals surface area contributed by atoms with Crippen molar-refractivity contribution in [3.63, 3.8) is 0 Å². The third-order valence-corrected chi connectivity index (χ3v) is 4.70. The number of aromatic nitrogens is 2. The molecule has 2 aliphatic rings. The van der Waals surface area contributed by atoms with Crippen LogP contribution < -0.4 is 0 Å². The number of rotatable bonds is 4. The number of ether oxygens (including phenoxy) is 2. The third-order valence-electron chi connectivity index (χ3n) is 4.70. The smallest absolute Gasteiger partial charge is 0.255 e. The van der Waals surface area contributed by atoms with Gasteiger partial charge in [0.1, 0.15) is 0 Å². The molecule has 120 valence electrons. The van der Waals surface area contributed by atoms with Crippen molar-refractivity contribution in [1.82, 2.24) is 15.1 Å². The van der Waals surface area contributed by atoms with Crippen LogP contribution in [0.5, 0.6) is 0 Å². The summed E-state index contributed by atoms with van der Waals surface area (Å²) in [6.45, 7) is 5.59. The largest absolute Gasteiger partial charge is 0.381 e. The molecule has 2 aliphatic heterocycles. The molecular formula is C16H23N3O3. The minimum Gasteiger partial charge on any atom is -0.381 e. The quantitative estimate of drug-likeness (QED) is 0.844. The average molecular weight is 305 g/mol. The van der Waals surface area contributed by atoms with E-state index in [-0.39, 0.29) is 17.4 Å². The van der Waals surface area contributed by atoms with Crippen LogP contribution in [0.3, 0.4) is 0 Å². The van der Waals surface area contributed by atoms with E-state index < -0.39 is 0 Å². The first-order valence-electron chi connectivity index (χ1n) is 8.00. The number of carbonyl (C=O) groups excluding carboxylic acids is 1. The summed E-state index contributed by atoms with van der Waals surface area (Å²) in [5.41, 5.74) is 0.527. The molecule has 6 heteroatoms. The minimum atomic E-state index is -0.0668. The summed E-state index contributed by atoms with van der Waals surface area (Å²) in [6.07, 6.45) is 6.24. The Hall–Kier alpha value is -1.53. The van der Waals surface area contributed by atoms with Gasteiger partial charge in [0.15, 0.2) is 0 Å². The average Bonchev–Trinajstić information content (AvgIpc) is 2.59. The topological polar surface area (TPSA) is 64.6 Å². The summed E-state index contributed by atoms with van der Waals surface area (Å²) in [5.74, 6) is 0.0230. The highest BCUT2D eigenvalue weighted by Gasteiger charge is 2.47. The Bertz CT molecular complexity index is 511. The molecule has 1 aromatic heterocycles. The second kappa shape index (κ2) is 6.71. The zero-order valence-electron chi connectivity index (χ0n) is 13.0. The summed E-state index contributed by atoms with van der Waals surface area (Å²) >= 11 is 0. The molecule has 2 fully saturated rings. The van der Waals surface area contributed by atoms with Crippen molar-refractivity contribution in [2.24, 2.45) is 5.41 Å². The molecule has 0 unspecified atom stereocenters. The zero-order chi connectivity index (χ0) is 15.4. The van der Waals surface area contributed by atoms with Crippen LogP contribution in [0.4, 0.5) is 0 Å². The lowest BCUT2D eigenvalue weighted by molar-refractivity contribution is -0.146. The highest BCUT2D eigenvalue weighted by Crippen LogP contribution is 2.40. The van der Waals surface area contributed by atoms with Gasteiger partial charge < -0.3 is 14.4 Å². The van der Waals surface area contributed by atoms with Crippen molar-refractivity contribution in [1.29, 1.82) is 0 Å². The van der Waals surface area contributed by atoms with Crippen LogP contribution in [0.1, 0.15) is 36.5 Å². The van der Waals surface area contributed by atoms with Gasteiger partial charge >= 0.3 is 0 Å². The van der Waals surface area contributed by atoms with Crippen molar-refractivity contribution >= 4 is 5.91 Å². The molecule has 0 aromatic carbocycles. The number of fused-ring (bicyclic) bond motifs is 1. The fraction of sp³-hybridized carbons (Fsp3) is 0.688. The predicted molar refractivity (Wildman–Crippen MR) is 80.5 cm³/mol. The van der Waals surface area contributed by atoms with Crippen molar-refractivity contribution in [3.05, 3.63) is 24.0 Å². The van der Waals surface area contributed by atoms with Gasteiger partial charge in [0.05, 0.1) is 30.7 Å². The number of likely N-dealkylation sites (tertiary alicyclic amines) is 1. The molecule has 0 aliphatic carbocycles. The van der Waals surface area contributed by atoms with E-state index in [0.717, 1.165) is 32.4 Å². The Morgan fingerprint density at radius 1 is 1.55 bits per heavy atom. The molecule has 6 nitrogen and oxygen atoms in total. The Morgan fingerprint density at radius 3 is 3.23 bits per heavy atom. The van der Waals surface area contributed by atoms with Crippen molar-refractivity contribution in [3.8, 4) is 0 Å². The maximum Gasteiger partial charge on any atom is 0.255 e. The highest BCUT2D eigenvalue weighted by atomic mass is 16.5. The molecule has 0 saturated carbocycles. The van der Waals surface area contributed by atoms with Gasteiger partial charge in [0.2, 0.25) is 0 Å². The Morgan fingerprint density at radius 2 is 2.45 bits per heavy atom. The van der Waals surface area contributed by atoms with E-state index in [1.54, 1.807) is 12.3 Å². The van der Waals surface area contributed by atoms with Gasteiger partial charge in [0.25, 0.3) is 5.91 Å². The highest BCUT2D eigenvalue weighted by molar-refractivity contribution is 5.93. The molecular weight excluding hydrogens is 282 g/mol. The molecule has 0 spiro atoms. The molecule has 0 radical (unpaired) electrons. The van der Waals surface area contributed by atoms with E-state index in [4.69, 9.17) is 9.47 Å². The minimum absolute atomic E-state index is 0.0230. The van der Waals surface area contributed by atoms with E-state index in [2.05, 4.69) is 10.2 Å². The number of hydrogen-bond donors (Lipinski definition) is 0. The van der Waals surface area contributed by atoms with Crippen LogP contribution in [0, 0.1) is 5.41 Å². The maximum absolute atomic E-state index is 12.7. The van der Waals surface area contributed by atoms with Crippen LogP contribution in [0.15, 0.2) is 18.5 Å². The Kier molecular flexibility index (Phi) is 4.69. The van der Waals surface area contributed by atoms with Gasteiger partial charge in [-0.2, -0.15) is 10.2 Å². The predicted octanol–water partition coefficient (Wildman–Crippen LogP) is 1.52. The van der Waals surface area contributed by atoms with Crippen LogP contribution in [-0.4, -0.2) is 60.0 Å². The first kappa shape index (κ1) is 15.4. The van der Waals surface area contributed by atoms with E-state index in [1.165, 1.54) is 6.20 Å². The summed E-state index contributed by atoms with van der Waals surface area (Å²) in [4.78, 5) is 14.6. The van der Waals surface area contributed by atoms with Crippen LogP contribution >= 0.6 is 0 Å². The molecule has 2 saturated heterocycles. The van der Waals surface area contributed by atoms with E-state index >= 15 is 0 Å². The maximum atomic E-state index is 12.7. The monoisotopic (exact) mass is 305 g/mol. The lowest BCUT2D eigenvalue weighted by atomic mass is 9.73. The molecule has 1 amide bonds. The third kappa shape index (κ3) is 2.98. The summed E-state index contributed by atoms with van der Waals surface area (Å²) in [5, 5.41) is 7.53. The Labute approximate surface area is 130 Å².